The van der Waals surface area contributed by atoms with Crippen LogP contribution in [0.5, 0.6) is 0 Å². The average molecular weight is 1730 g/mol. The molecule has 1 saturated heterocycles. The Morgan fingerprint density at radius 3 is 0.613 bits per heavy atom. The fourth-order valence-electron chi connectivity index (χ4n) is 11.1. The molecule has 0 aromatic rings. The van der Waals surface area contributed by atoms with Gasteiger partial charge in [0.1, 0.15) is 5.41 Å². The SMILES string of the molecule is O=C(O)CCCCCCCCCCCC(CCCCCCCCCCCC(=O)O)(C(=O)O)C(=O)NCCOCCOCCOCCOCCOCCOCCOCCOCCOCCOCCOCCOCCOCCOCCOCCOCCOCCOCCOCCOCCOCCOCCOCCOCCC(=O)ON1C(=O)CCC1=O. The molecule has 1 heterocycles. The van der Waals surface area contributed by atoms with Crippen LogP contribution in [0, 0.1) is 5.41 Å². The van der Waals surface area contributed by atoms with Crippen molar-refractivity contribution >= 4 is 41.6 Å². The first-order valence-corrected chi connectivity index (χ1v) is 43.4. The predicted molar refractivity (Wildman–Crippen MR) is 431 cm³/mol. The number of hydroxylamine groups is 2. The molecule has 1 aliphatic heterocycles. The van der Waals surface area contributed by atoms with Crippen LogP contribution in [0.25, 0.3) is 0 Å². The summed E-state index contributed by atoms with van der Waals surface area (Å²) in [5.74, 6) is -4.82. The van der Waals surface area contributed by atoms with E-state index in [0.29, 0.717) is 328 Å². The summed E-state index contributed by atoms with van der Waals surface area (Å²) in [6.07, 6.45) is 17.4. The molecule has 37 heteroatoms. The third kappa shape index (κ3) is 80.4. The maximum absolute atomic E-state index is 13.6. The van der Waals surface area contributed by atoms with Gasteiger partial charge in [0.05, 0.1) is 324 Å². The third-order valence-electron chi connectivity index (χ3n) is 17.6. The average Bonchev–Trinajstić information content (AvgIpc) is 1.53. The smallest absolute Gasteiger partial charge is 0.335 e. The topological polar surface area (TPSA) is 426 Å². The normalized spacial score (nSPS) is 12.5. The molecule has 0 aliphatic carbocycles. The van der Waals surface area contributed by atoms with E-state index in [4.69, 9.17) is 129 Å². The van der Waals surface area contributed by atoms with Crippen molar-refractivity contribution in [3.63, 3.8) is 0 Å². The van der Waals surface area contributed by atoms with E-state index < -0.39 is 47.0 Å². The Kier molecular flexibility index (Phi) is 86.3. The number of hydrogen-bond acceptors (Lipinski definition) is 32. The van der Waals surface area contributed by atoms with Crippen LogP contribution in [0.2, 0.25) is 0 Å². The molecule has 0 unspecified atom stereocenters. The fourth-order valence-corrected chi connectivity index (χ4v) is 11.1. The Bertz CT molecular complexity index is 2220. The largest absolute Gasteiger partial charge is 0.481 e. The number of nitrogens with zero attached hydrogens (tertiary/aromatic N) is 1. The molecule has 119 heavy (non-hydrogen) atoms. The van der Waals surface area contributed by atoms with Crippen molar-refractivity contribution in [2.75, 3.05) is 324 Å². The van der Waals surface area contributed by atoms with Crippen LogP contribution >= 0.6 is 0 Å². The zero-order chi connectivity index (χ0) is 85.8. The molecule has 0 bridgehead atoms. The van der Waals surface area contributed by atoms with Crippen LogP contribution < -0.4 is 5.32 Å². The number of amides is 3. The summed E-state index contributed by atoms with van der Waals surface area (Å²) in [6.45, 7) is 20.4. The summed E-state index contributed by atoms with van der Waals surface area (Å²) in [7, 11) is 0. The van der Waals surface area contributed by atoms with Gasteiger partial charge in [-0.2, -0.15) is 0 Å². The zero-order valence-electron chi connectivity index (χ0n) is 71.7. The van der Waals surface area contributed by atoms with Crippen LogP contribution in [0.3, 0.4) is 0 Å². The minimum Gasteiger partial charge on any atom is -0.481 e. The molecule has 37 nitrogen and oxygen atoms in total. The second-order valence-corrected chi connectivity index (χ2v) is 27.3. The second-order valence-electron chi connectivity index (χ2n) is 27.3. The molecule has 0 atom stereocenters. The zero-order valence-corrected chi connectivity index (χ0v) is 71.7. The van der Waals surface area contributed by atoms with E-state index in [-0.39, 0.29) is 71.3 Å². The van der Waals surface area contributed by atoms with Gasteiger partial charge >= 0.3 is 23.9 Å². The van der Waals surface area contributed by atoms with Gasteiger partial charge in [0.2, 0.25) is 5.91 Å². The molecule has 4 N–H and O–H groups in total. The number of carboxylic acids is 3. The Labute approximate surface area is 706 Å². The number of carboxylic acid groups (broad SMARTS) is 3. The standard InChI is InChI=1S/C82H152N2O35/c85-75-21-22-76(86)84(75)119-79(91)23-27-95-29-31-97-33-35-99-37-39-101-41-43-103-45-47-105-49-51-107-53-55-109-57-59-111-61-63-113-65-67-115-69-71-117-73-74-118-72-70-116-68-66-114-64-62-112-60-58-110-56-54-108-52-50-106-48-46-104-44-42-102-40-38-100-36-34-98-32-30-96-28-26-83-80(92)82(81(93)94,24-17-13-9-5-1-3-7-11-15-19-77(87)88)25-18-14-10-6-2-4-8-12-16-20-78(89)90/h1-74H2,(H,83,92)(H,87,88)(H,89,90)(H,93,94). The Hall–Kier alpha value is -4.47. The molecule has 0 aromatic carbocycles. The van der Waals surface area contributed by atoms with Crippen molar-refractivity contribution in [3.8, 4) is 0 Å². The summed E-state index contributed by atoms with van der Waals surface area (Å²) in [5.41, 5.74) is -1.50. The Morgan fingerprint density at radius 1 is 0.244 bits per heavy atom. The molecule has 700 valence electrons. The highest BCUT2D eigenvalue weighted by Crippen LogP contribution is 2.33. The molecule has 0 saturated carbocycles. The van der Waals surface area contributed by atoms with Crippen LogP contribution in [0.15, 0.2) is 0 Å². The molecule has 1 aliphatic rings. The quantitative estimate of drug-likeness (QED) is 0.0294. The van der Waals surface area contributed by atoms with Crippen molar-refractivity contribution in [2.45, 2.75) is 161 Å². The number of ether oxygens (including phenoxy) is 24. The van der Waals surface area contributed by atoms with E-state index in [1.807, 2.05) is 0 Å². The number of unbranched alkanes of at least 4 members (excludes halogenated alkanes) is 16. The highest BCUT2D eigenvalue weighted by Gasteiger charge is 2.45. The van der Waals surface area contributed by atoms with Crippen molar-refractivity contribution in [1.82, 2.24) is 10.4 Å². The van der Waals surface area contributed by atoms with E-state index in [0.717, 1.165) is 89.9 Å². The lowest BCUT2D eigenvalue weighted by Gasteiger charge is -2.28. The predicted octanol–water partition coefficient (Wildman–Crippen LogP) is 6.32. The maximum Gasteiger partial charge on any atom is 0.335 e. The van der Waals surface area contributed by atoms with Crippen LogP contribution in [0.1, 0.15) is 161 Å². The van der Waals surface area contributed by atoms with Gasteiger partial charge in [0, 0.05) is 32.2 Å². The van der Waals surface area contributed by atoms with Gasteiger partial charge in [-0.3, -0.25) is 28.8 Å². The third-order valence-corrected chi connectivity index (χ3v) is 17.6. The highest BCUT2D eigenvalue weighted by atomic mass is 16.7. The van der Waals surface area contributed by atoms with Gasteiger partial charge in [0.25, 0.3) is 11.8 Å². The summed E-state index contributed by atoms with van der Waals surface area (Å²) in [6, 6.07) is 0. The van der Waals surface area contributed by atoms with Crippen LogP contribution in [-0.4, -0.2) is 386 Å². The van der Waals surface area contributed by atoms with E-state index in [1.54, 1.807) is 0 Å². The number of hydrogen-bond donors (Lipinski definition) is 4. The molecule has 1 rings (SSSR count). The monoisotopic (exact) mass is 1730 g/mol. The summed E-state index contributed by atoms with van der Waals surface area (Å²) in [5, 5.41) is 31.5. The van der Waals surface area contributed by atoms with Crippen molar-refractivity contribution in [3.05, 3.63) is 0 Å². The van der Waals surface area contributed by atoms with Gasteiger partial charge in [-0.1, -0.05) is 103 Å². The molecule has 0 spiro atoms. The van der Waals surface area contributed by atoms with Gasteiger partial charge in [-0.05, 0) is 25.7 Å². The summed E-state index contributed by atoms with van der Waals surface area (Å²) >= 11 is 0. The van der Waals surface area contributed by atoms with Crippen LogP contribution in [-0.2, 0) is 152 Å². The van der Waals surface area contributed by atoms with E-state index >= 15 is 0 Å². The molecule has 1 fully saturated rings. The molecule has 3 amide bonds. The fraction of sp³-hybridized carbons (Fsp3) is 0.915. The highest BCUT2D eigenvalue weighted by molar-refractivity contribution is 6.02. The first-order chi connectivity index (χ1) is 58.5. The van der Waals surface area contributed by atoms with E-state index in [9.17, 15) is 38.7 Å². The van der Waals surface area contributed by atoms with Crippen molar-refractivity contribution in [2.24, 2.45) is 5.41 Å². The van der Waals surface area contributed by atoms with E-state index in [1.165, 1.54) is 0 Å². The van der Waals surface area contributed by atoms with Crippen molar-refractivity contribution < 1.29 is 167 Å². The number of carbonyl (C=O) groups is 7. The molecule has 0 radical (unpaired) electrons. The van der Waals surface area contributed by atoms with Crippen LogP contribution in [0.4, 0.5) is 0 Å². The maximum atomic E-state index is 13.6. The van der Waals surface area contributed by atoms with Crippen molar-refractivity contribution in [1.29, 1.82) is 0 Å². The number of rotatable bonds is 102. The Morgan fingerprint density at radius 2 is 0.420 bits per heavy atom. The minimum absolute atomic E-state index is 0.0479. The Balaban J connectivity index is 1.75. The van der Waals surface area contributed by atoms with Gasteiger partial charge in [-0.25, -0.2) is 4.79 Å². The lowest BCUT2D eigenvalue weighted by atomic mass is 9.76. The summed E-state index contributed by atoms with van der Waals surface area (Å²) < 4.78 is 133. The number of carbonyl (C=O) groups excluding carboxylic acids is 4. The number of imide groups is 1. The van der Waals surface area contributed by atoms with Gasteiger partial charge in [-0.15, -0.1) is 5.06 Å². The van der Waals surface area contributed by atoms with E-state index in [2.05, 4.69) is 5.32 Å². The summed E-state index contributed by atoms with van der Waals surface area (Å²) in [4.78, 5) is 87.3. The second kappa shape index (κ2) is 91.2. The lowest BCUT2D eigenvalue weighted by Crippen LogP contribution is -2.47. The molecule has 0 aromatic heterocycles. The van der Waals surface area contributed by atoms with Gasteiger partial charge < -0.3 is 139 Å². The molecular weight excluding hydrogens is 1570 g/mol. The molecular formula is C82H152N2O35. The number of nitrogens with one attached hydrogen (secondary N) is 1. The lowest BCUT2D eigenvalue weighted by molar-refractivity contribution is -0.198. The number of aliphatic carboxylic acids is 3. The van der Waals surface area contributed by atoms with Gasteiger partial charge in [0.15, 0.2) is 0 Å². The first kappa shape index (κ1) is 113. The minimum atomic E-state index is -1.50. The first-order valence-electron chi connectivity index (χ1n) is 43.4.